The Morgan fingerprint density at radius 3 is 2.80 bits per heavy atom. The maximum Gasteiger partial charge on any atom is 0.166 e. The number of anilines is 1. The summed E-state index contributed by atoms with van der Waals surface area (Å²) in [5.41, 5.74) is 8.71. The van der Waals surface area contributed by atoms with E-state index in [9.17, 15) is 0 Å². The second-order valence-electron chi connectivity index (χ2n) is 4.62. The second kappa shape index (κ2) is 5.17. The zero-order valence-corrected chi connectivity index (χ0v) is 11.2. The van der Waals surface area contributed by atoms with Crippen LogP contribution < -0.4 is 10.5 Å². The normalized spacial score (nSPS) is 10.7. The molecular formula is C16H15N3O. The number of aromatic nitrogens is 2. The highest BCUT2D eigenvalue weighted by Gasteiger charge is 2.05. The van der Waals surface area contributed by atoms with E-state index in [0.29, 0.717) is 18.2 Å². The molecule has 0 aliphatic carbocycles. The Morgan fingerprint density at radius 1 is 1.10 bits per heavy atom. The third kappa shape index (κ3) is 2.40. The van der Waals surface area contributed by atoms with Crippen molar-refractivity contribution in [3.05, 3.63) is 59.9 Å². The SMILES string of the molecule is Cc1ccc(OCc2cccc3cccnc23)c(N)n1. The lowest BCUT2D eigenvalue weighted by Crippen LogP contribution is -2.02. The molecule has 4 heteroatoms. The molecule has 0 unspecified atom stereocenters. The molecule has 20 heavy (non-hydrogen) atoms. The van der Waals surface area contributed by atoms with Gasteiger partial charge < -0.3 is 10.5 Å². The van der Waals surface area contributed by atoms with E-state index >= 15 is 0 Å². The molecule has 1 aromatic carbocycles. The molecule has 3 rings (SSSR count). The van der Waals surface area contributed by atoms with Crippen LogP contribution in [0.5, 0.6) is 5.75 Å². The molecule has 0 aliphatic rings. The maximum absolute atomic E-state index is 5.85. The lowest BCUT2D eigenvalue weighted by molar-refractivity contribution is 0.308. The fraction of sp³-hybridized carbons (Fsp3) is 0.125. The van der Waals surface area contributed by atoms with Crippen molar-refractivity contribution in [3.63, 3.8) is 0 Å². The zero-order valence-electron chi connectivity index (χ0n) is 11.2. The van der Waals surface area contributed by atoms with Gasteiger partial charge in [-0.25, -0.2) is 4.98 Å². The van der Waals surface area contributed by atoms with Crippen molar-refractivity contribution >= 4 is 16.7 Å². The van der Waals surface area contributed by atoms with E-state index in [0.717, 1.165) is 22.2 Å². The van der Waals surface area contributed by atoms with Crippen LogP contribution in [0.3, 0.4) is 0 Å². The lowest BCUT2D eigenvalue weighted by Gasteiger charge is -2.10. The van der Waals surface area contributed by atoms with Gasteiger partial charge in [-0.3, -0.25) is 4.98 Å². The van der Waals surface area contributed by atoms with Crippen molar-refractivity contribution in [1.29, 1.82) is 0 Å². The van der Waals surface area contributed by atoms with Crippen molar-refractivity contribution in [2.75, 3.05) is 5.73 Å². The lowest BCUT2D eigenvalue weighted by atomic mass is 10.1. The molecule has 0 amide bonds. The van der Waals surface area contributed by atoms with Crippen molar-refractivity contribution < 1.29 is 4.74 Å². The summed E-state index contributed by atoms with van der Waals surface area (Å²) >= 11 is 0. The van der Waals surface area contributed by atoms with E-state index < -0.39 is 0 Å². The topological polar surface area (TPSA) is 61.0 Å². The smallest absolute Gasteiger partial charge is 0.166 e. The fourth-order valence-electron chi connectivity index (χ4n) is 2.13. The van der Waals surface area contributed by atoms with Crippen LogP contribution in [-0.2, 0) is 6.61 Å². The molecule has 2 heterocycles. The van der Waals surface area contributed by atoms with Gasteiger partial charge in [-0.15, -0.1) is 0 Å². The summed E-state index contributed by atoms with van der Waals surface area (Å²) in [6, 6.07) is 13.7. The van der Waals surface area contributed by atoms with Gasteiger partial charge >= 0.3 is 0 Å². The first-order valence-electron chi connectivity index (χ1n) is 6.42. The quantitative estimate of drug-likeness (QED) is 0.790. The summed E-state index contributed by atoms with van der Waals surface area (Å²) < 4.78 is 5.76. The molecule has 0 saturated carbocycles. The molecule has 0 atom stereocenters. The van der Waals surface area contributed by atoms with Gasteiger partial charge in [0.25, 0.3) is 0 Å². The van der Waals surface area contributed by atoms with E-state index in [1.54, 1.807) is 6.20 Å². The Kier molecular flexibility index (Phi) is 3.21. The first-order valence-corrected chi connectivity index (χ1v) is 6.42. The van der Waals surface area contributed by atoms with E-state index in [-0.39, 0.29) is 0 Å². The van der Waals surface area contributed by atoms with Gasteiger partial charge in [0, 0.05) is 22.8 Å². The number of pyridine rings is 2. The number of nitrogen functional groups attached to an aromatic ring is 1. The number of para-hydroxylation sites is 1. The van der Waals surface area contributed by atoms with E-state index in [1.807, 2.05) is 49.4 Å². The van der Waals surface area contributed by atoms with Gasteiger partial charge in [-0.2, -0.15) is 0 Å². The van der Waals surface area contributed by atoms with Crippen LogP contribution in [-0.4, -0.2) is 9.97 Å². The van der Waals surface area contributed by atoms with Crippen LogP contribution in [0.4, 0.5) is 5.82 Å². The zero-order chi connectivity index (χ0) is 13.9. The average molecular weight is 265 g/mol. The number of nitrogens with zero attached hydrogens (tertiary/aromatic N) is 2. The van der Waals surface area contributed by atoms with Crippen molar-refractivity contribution in [1.82, 2.24) is 9.97 Å². The average Bonchev–Trinajstić information content (AvgIpc) is 2.46. The van der Waals surface area contributed by atoms with Crippen LogP contribution in [0.25, 0.3) is 10.9 Å². The van der Waals surface area contributed by atoms with Crippen molar-refractivity contribution in [2.45, 2.75) is 13.5 Å². The fourth-order valence-corrected chi connectivity index (χ4v) is 2.13. The number of aryl methyl sites for hydroxylation is 1. The van der Waals surface area contributed by atoms with Gasteiger partial charge in [0.15, 0.2) is 11.6 Å². The number of nitrogens with two attached hydrogens (primary N) is 1. The molecule has 0 fully saturated rings. The van der Waals surface area contributed by atoms with Crippen LogP contribution in [0.1, 0.15) is 11.3 Å². The minimum Gasteiger partial charge on any atom is -0.485 e. The number of hydrogen-bond donors (Lipinski definition) is 1. The summed E-state index contributed by atoms with van der Waals surface area (Å²) in [7, 11) is 0. The molecule has 0 bridgehead atoms. The Balaban J connectivity index is 1.87. The molecular weight excluding hydrogens is 250 g/mol. The van der Waals surface area contributed by atoms with Crippen LogP contribution >= 0.6 is 0 Å². The number of ether oxygens (including phenoxy) is 1. The van der Waals surface area contributed by atoms with Gasteiger partial charge in [-0.05, 0) is 25.1 Å². The predicted molar refractivity (Wildman–Crippen MR) is 79.5 cm³/mol. The molecule has 0 aliphatic heterocycles. The molecule has 2 aromatic heterocycles. The van der Waals surface area contributed by atoms with Crippen LogP contribution in [0.2, 0.25) is 0 Å². The molecule has 4 nitrogen and oxygen atoms in total. The monoisotopic (exact) mass is 265 g/mol. The van der Waals surface area contributed by atoms with Gasteiger partial charge in [-0.1, -0.05) is 24.3 Å². The third-order valence-corrected chi connectivity index (χ3v) is 3.12. The van der Waals surface area contributed by atoms with Gasteiger partial charge in [0.2, 0.25) is 0 Å². The van der Waals surface area contributed by atoms with Crippen LogP contribution in [0.15, 0.2) is 48.7 Å². The first-order chi connectivity index (χ1) is 9.74. The van der Waals surface area contributed by atoms with Gasteiger partial charge in [0.05, 0.1) is 5.52 Å². The summed E-state index contributed by atoms with van der Waals surface area (Å²) in [6.07, 6.45) is 1.79. The molecule has 2 N–H and O–H groups in total. The molecule has 100 valence electrons. The minimum absolute atomic E-state index is 0.415. The van der Waals surface area contributed by atoms with E-state index in [2.05, 4.69) is 9.97 Å². The number of benzene rings is 1. The second-order valence-corrected chi connectivity index (χ2v) is 4.62. The van der Waals surface area contributed by atoms with E-state index in [1.165, 1.54) is 0 Å². The Labute approximate surface area is 117 Å². The standard InChI is InChI=1S/C16H15N3O/c1-11-7-8-14(16(17)19-11)20-10-13-5-2-4-12-6-3-9-18-15(12)13/h2-9H,10H2,1H3,(H2,17,19). The third-order valence-electron chi connectivity index (χ3n) is 3.12. The predicted octanol–water partition coefficient (Wildman–Crippen LogP) is 3.10. The van der Waals surface area contributed by atoms with Gasteiger partial charge in [0.1, 0.15) is 6.61 Å². The molecule has 0 radical (unpaired) electrons. The molecule has 0 spiro atoms. The molecule has 3 aromatic rings. The Bertz CT molecular complexity index is 750. The number of rotatable bonds is 3. The Morgan fingerprint density at radius 2 is 1.95 bits per heavy atom. The summed E-state index contributed by atoms with van der Waals surface area (Å²) in [5, 5.41) is 1.10. The van der Waals surface area contributed by atoms with E-state index in [4.69, 9.17) is 10.5 Å². The first kappa shape index (κ1) is 12.4. The summed E-state index contributed by atoms with van der Waals surface area (Å²) in [5.74, 6) is 1.02. The van der Waals surface area contributed by atoms with Crippen molar-refractivity contribution in [2.24, 2.45) is 0 Å². The van der Waals surface area contributed by atoms with Crippen LogP contribution in [0, 0.1) is 6.92 Å². The summed E-state index contributed by atoms with van der Waals surface area (Å²) in [4.78, 5) is 8.59. The minimum atomic E-state index is 0.415. The summed E-state index contributed by atoms with van der Waals surface area (Å²) in [6.45, 7) is 2.32. The maximum atomic E-state index is 5.85. The van der Waals surface area contributed by atoms with Crippen molar-refractivity contribution in [3.8, 4) is 5.75 Å². The Hall–Kier alpha value is -2.62. The highest BCUT2D eigenvalue weighted by Crippen LogP contribution is 2.22. The molecule has 0 saturated heterocycles. The number of fused-ring (bicyclic) bond motifs is 1. The largest absolute Gasteiger partial charge is 0.485 e. The number of hydrogen-bond acceptors (Lipinski definition) is 4. The highest BCUT2D eigenvalue weighted by molar-refractivity contribution is 5.81. The highest BCUT2D eigenvalue weighted by atomic mass is 16.5.